The molecule has 14 heteroatoms. The number of imidazole rings is 1. The topological polar surface area (TPSA) is 183 Å². The third-order valence-electron chi connectivity index (χ3n) is 9.26. The minimum absolute atomic E-state index is 0.192. The second kappa shape index (κ2) is 15.7. The largest absolute Gasteiger partial charge is 0.444 e. The molecule has 0 spiro atoms. The lowest BCUT2D eigenvalue weighted by Crippen LogP contribution is -2.48. The first-order valence-electron chi connectivity index (χ1n) is 17.4. The van der Waals surface area contributed by atoms with Gasteiger partial charge in [0.05, 0.1) is 15.9 Å². The fourth-order valence-corrected chi connectivity index (χ4v) is 7.28. The molecule has 3 amide bonds. The fourth-order valence-electron chi connectivity index (χ4n) is 6.35. The maximum absolute atomic E-state index is 13.8. The number of nitrogens with one attached hydrogen (secondary N) is 5. The first-order chi connectivity index (χ1) is 24.5. The number of sulfonamides is 1. The van der Waals surface area contributed by atoms with E-state index >= 15 is 0 Å². The lowest BCUT2D eigenvalue weighted by atomic mass is 9.81. The minimum Gasteiger partial charge on any atom is -0.444 e. The average molecular weight is 733 g/mol. The molecule has 13 nitrogen and oxygen atoms in total. The summed E-state index contributed by atoms with van der Waals surface area (Å²) in [7, 11) is -0.640. The summed E-state index contributed by atoms with van der Waals surface area (Å²) in [5.74, 6) is -0.695. The van der Waals surface area contributed by atoms with Crippen molar-refractivity contribution in [2.45, 2.75) is 76.3 Å². The molecule has 0 saturated heterocycles. The van der Waals surface area contributed by atoms with Gasteiger partial charge in [-0.3, -0.25) is 9.59 Å². The number of aromatic amines is 2. The number of aryl methyl sites for hydroxylation is 1. The summed E-state index contributed by atoms with van der Waals surface area (Å²) >= 11 is 0. The van der Waals surface area contributed by atoms with Crippen LogP contribution in [0, 0.1) is 18.8 Å². The zero-order chi connectivity index (χ0) is 37.8. The Morgan fingerprint density at radius 2 is 1.60 bits per heavy atom. The number of amides is 3. The SMILES string of the molecule is Cc1ccc(S(=O)(=O)N(C)C)cc1-c1ccc(C[C@H](NC(=O)C2CCC(CNC(=O)OC(C)(C)C)CC2)C(=O)Nc2ccc3[nH]c(=O)[nH]c3c2)cc1. The van der Waals surface area contributed by atoms with Crippen molar-refractivity contribution in [3.05, 3.63) is 82.3 Å². The van der Waals surface area contributed by atoms with Crippen molar-refractivity contribution < 1.29 is 27.5 Å². The highest BCUT2D eigenvalue weighted by Gasteiger charge is 2.30. The Balaban J connectivity index is 1.30. The number of carbonyl (C=O) groups excluding carboxylic acids is 3. The van der Waals surface area contributed by atoms with Crippen LogP contribution in [-0.2, 0) is 30.8 Å². The molecule has 0 bridgehead atoms. The lowest BCUT2D eigenvalue weighted by molar-refractivity contribution is -0.130. The van der Waals surface area contributed by atoms with Gasteiger partial charge in [0, 0.05) is 38.7 Å². The molecule has 1 aromatic heterocycles. The highest BCUT2D eigenvalue weighted by atomic mass is 32.2. The first-order valence-corrected chi connectivity index (χ1v) is 18.8. The van der Waals surface area contributed by atoms with Crippen LogP contribution < -0.4 is 21.6 Å². The standard InChI is InChI=1S/C38H48N6O7S/c1-23-7-17-29(52(49,50)44(5)6)21-30(23)26-12-8-24(9-13-26)19-33(35(46)40-28-16-18-31-32(20-28)43-36(47)42-31)41-34(45)27-14-10-25(11-15-27)22-39-37(48)51-38(2,3)4/h7-9,12-13,16-18,20-21,25,27,33H,10-11,14-15,19,22H2,1-6H3,(H,39,48)(H,40,46)(H,41,45)(H2,42,43,47)/t25?,27?,33-/m0/s1. The molecule has 5 rings (SSSR count). The van der Waals surface area contributed by atoms with Crippen LogP contribution >= 0.6 is 0 Å². The predicted octanol–water partition coefficient (Wildman–Crippen LogP) is 5.08. The van der Waals surface area contributed by atoms with Crippen LogP contribution in [0.1, 0.15) is 57.6 Å². The summed E-state index contributed by atoms with van der Waals surface area (Å²) in [6.07, 6.45) is 2.47. The number of nitrogens with zero attached hydrogens (tertiary/aromatic N) is 1. The van der Waals surface area contributed by atoms with Crippen LogP contribution in [0.3, 0.4) is 0 Å². The second-order valence-corrected chi connectivity index (χ2v) is 16.8. The van der Waals surface area contributed by atoms with Crippen molar-refractivity contribution in [2.75, 3.05) is 26.0 Å². The number of hydrogen-bond acceptors (Lipinski definition) is 7. The summed E-state index contributed by atoms with van der Waals surface area (Å²) in [4.78, 5) is 56.8. The van der Waals surface area contributed by atoms with Crippen molar-refractivity contribution in [3.8, 4) is 11.1 Å². The van der Waals surface area contributed by atoms with Crippen LogP contribution in [0.5, 0.6) is 0 Å². The number of fused-ring (bicyclic) bond motifs is 1. The van der Waals surface area contributed by atoms with Crippen LogP contribution in [0.15, 0.2) is 70.4 Å². The molecule has 0 unspecified atom stereocenters. The maximum atomic E-state index is 13.8. The third-order valence-corrected chi connectivity index (χ3v) is 11.1. The van der Waals surface area contributed by atoms with Crippen LogP contribution in [-0.4, -0.2) is 72.9 Å². The van der Waals surface area contributed by atoms with E-state index in [0.717, 1.165) is 35.1 Å². The summed E-state index contributed by atoms with van der Waals surface area (Å²) in [5, 5.41) is 8.72. The van der Waals surface area contributed by atoms with Gasteiger partial charge >= 0.3 is 11.8 Å². The van der Waals surface area contributed by atoms with Gasteiger partial charge < -0.3 is 30.7 Å². The van der Waals surface area contributed by atoms with Gasteiger partial charge in [-0.2, -0.15) is 0 Å². The van der Waals surface area contributed by atoms with Crippen LogP contribution in [0.2, 0.25) is 0 Å². The molecular formula is C38H48N6O7S. The predicted molar refractivity (Wildman–Crippen MR) is 200 cm³/mol. The monoisotopic (exact) mass is 732 g/mol. The van der Waals surface area contributed by atoms with E-state index in [0.29, 0.717) is 36.1 Å². The molecule has 52 heavy (non-hydrogen) atoms. The highest BCUT2D eigenvalue weighted by molar-refractivity contribution is 7.89. The van der Waals surface area contributed by atoms with Crippen LogP contribution in [0.25, 0.3) is 22.2 Å². The molecule has 1 heterocycles. The number of carbonyl (C=O) groups is 3. The van der Waals surface area contributed by atoms with E-state index in [2.05, 4.69) is 25.9 Å². The van der Waals surface area contributed by atoms with Gasteiger partial charge in [0.25, 0.3) is 0 Å². The first kappa shape index (κ1) is 38.3. The van der Waals surface area contributed by atoms with E-state index in [9.17, 15) is 27.6 Å². The fraction of sp³-hybridized carbons (Fsp3) is 0.421. The quantitative estimate of drug-likeness (QED) is 0.143. The molecular weight excluding hydrogens is 685 g/mol. The van der Waals surface area contributed by atoms with Gasteiger partial charge in [0.15, 0.2) is 0 Å². The normalized spacial score (nSPS) is 17.1. The smallest absolute Gasteiger partial charge is 0.407 e. The average Bonchev–Trinajstić information content (AvgIpc) is 3.46. The molecule has 1 fully saturated rings. The molecule has 1 aliphatic rings. The molecule has 0 radical (unpaired) electrons. The molecule has 278 valence electrons. The van der Waals surface area contributed by atoms with Gasteiger partial charge in [0.2, 0.25) is 21.8 Å². The van der Waals surface area contributed by atoms with Crippen molar-refractivity contribution in [2.24, 2.45) is 11.8 Å². The molecule has 4 aromatic rings. The molecule has 3 aromatic carbocycles. The zero-order valence-corrected chi connectivity index (χ0v) is 31.3. The number of rotatable bonds is 11. The van der Waals surface area contributed by atoms with E-state index in [4.69, 9.17) is 4.74 Å². The third kappa shape index (κ3) is 9.68. The summed E-state index contributed by atoms with van der Waals surface area (Å²) in [6.45, 7) is 7.81. The summed E-state index contributed by atoms with van der Waals surface area (Å²) in [5.41, 5.74) is 3.94. The van der Waals surface area contributed by atoms with Crippen molar-refractivity contribution in [3.63, 3.8) is 0 Å². The highest BCUT2D eigenvalue weighted by Crippen LogP contribution is 2.30. The van der Waals surface area contributed by atoms with E-state index in [1.807, 2.05) is 52.0 Å². The van der Waals surface area contributed by atoms with Gasteiger partial charge in [-0.1, -0.05) is 30.3 Å². The molecule has 5 N–H and O–H groups in total. The Morgan fingerprint density at radius 1 is 0.923 bits per heavy atom. The number of benzene rings is 3. The number of alkyl carbamates (subject to hydrolysis) is 1. The van der Waals surface area contributed by atoms with E-state index in [-0.39, 0.29) is 34.7 Å². The Bertz CT molecular complexity index is 2090. The lowest BCUT2D eigenvalue weighted by Gasteiger charge is -2.29. The van der Waals surface area contributed by atoms with Gasteiger partial charge in [-0.25, -0.2) is 22.3 Å². The number of aromatic nitrogens is 2. The maximum Gasteiger partial charge on any atom is 0.407 e. The van der Waals surface area contributed by atoms with Crippen LogP contribution in [0.4, 0.5) is 10.5 Å². The Hall–Kier alpha value is -4.95. The van der Waals surface area contributed by atoms with Crippen molar-refractivity contribution in [1.82, 2.24) is 24.9 Å². The Labute approximate surface area is 304 Å². The van der Waals surface area contributed by atoms with E-state index < -0.39 is 33.7 Å². The van der Waals surface area contributed by atoms with Crippen molar-refractivity contribution in [1.29, 1.82) is 0 Å². The van der Waals surface area contributed by atoms with Gasteiger partial charge in [0.1, 0.15) is 11.6 Å². The Kier molecular flexibility index (Phi) is 11.6. The number of anilines is 1. The van der Waals surface area contributed by atoms with Gasteiger partial charge in [-0.15, -0.1) is 0 Å². The van der Waals surface area contributed by atoms with Gasteiger partial charge in [-0.05, 0) is 112 Å². The number of hydrogen-bond donors (Lipinski definition) is 5. The molecule has 1 atom stereocenters. The molecule has 0 aliphatic heterocycles. The summed E-state index contributed by atoms with van der Waals surface area (Å²) in [6, 6.07) is 16.6. The molecule has 1 aliphatic carbocycles. The minimum atomic E-state index is -3.62. The number of ether oxygens (including phenoxy) is 1. The second-order valence-electron chi connectivity index (χ2n) is 14.7. The summed E-state index contributed by atoms with van der Waals surface area (Å²) < 4.78 is 32.1. The molecule has 1 saturated carbocycles. The van der Waals surface area contributed by atoms with E-state index in [1.165, 1.54) is 18.4 Å². The number of H-pyrrole nitrogens is 2. The zero-order valence-electron chi connectivity index (χ0n) is 30.5. The Morgan fingerprint density at radius 3 is 2.25 bits per heavy atom. The van der Waals surface area contributed by atoms with Crippen molar-refractivity contribution >= 4 is 44.7 Å². The van der Waals surface area contributed by atoms with E-state index in [1.54, 1.807) is 36.4 Å².